The number of benzene rings is 1. The third-order valence-corrected chi connectivity index (χ3v) is 4.62. The molecule has 0 radical (unpaired) electrons. The highest BCUT2D eigenvalue weighted by Gasteiger charge is 2.45. The Balaban J connectivity index is 2.95. The fraction of sp³-hybridized carbons (Fsp3) is 0.381. The van der Waals surface area contributed by atoms with E-state index in [-0.39, 0.29) is 12.3 Å². The molecule has 0 amide bonds. The van der Waals surface area contributed by atoms with Gasteiger partial charge in [0.2, 0.25) is 0 Å². The Hall–Kier alpha value is -3.44. The standard InChI is InChI=1S/C21H20F5NO6/c1-4-32-20(30)17-14(9-33-10(2)28)27-13(8-22)16(19(29)31-3)15(17)11-6-5-7-12(23)18(11)21(24,25)26/h5-7,15,27H,4,8-9H2,1-3H3. The summed E-state index contributed by atoms with van der Waals surface area (Å²) in [6.45, 7) is 0.165. The predicted molar refractivity (Wildman–Crippen MR) is 103 cm³/mol. The monoisotopic (exact) mass is 477 g/mol. The molecule has 0 bridgehead atoms. The van der Waals surface area contributed by atoms with Gasteiger partial charge in [-0.2, -0.15) is 13.2 Å². The van der Waals surface area contributed by atoms with Gasteiger partial charge in [-0.3, -0.25) is 4.79 Å². The number of methoxy groups -OCH3 is 1. The molecule has 0 spiro atoms. The van der Waals surface area contributed by atoms with E-state index >= 15 is 0 Å². The van der Waals surface area contributed by atoms with Crippen molar-refractivity contribution in [2.45, 2.75) is 25.9 Å². The van der Waals surface area contributed by atoms with Crippen LogP contribution in [0, 0.1) is 5.82 Å². The quantitative estimate of drug-likeness (QED) is 0.366. The van der Waals surface area contributed by atoms with Gasteiger partial charge in [-0.05, 0) is 18.6 Å². The van der Waals surface area contributed by atoms with Gasteiger partial charge in [0, 0.05) is 6.92 Å². The number of hydrogen-bond donors (Lipinski definition) is 1. The van der Waals surface area contributed by atoms with Crippen LogP contribution in [0.1, 0.15) is 30.9 Å². The van der Waals surface area contributed by atoms with Crippen molar-refractivity contribution in [3.63, 3.8) is 0 Å². The van der Waals surface area contributed by atoms with Crippen LogP contribution in [0.15, 0.2) is 40.7 Å². The molecule has 2 rings (SSSR count). The van der Waals surface area contributed by atoms with Gasteiger partial charge < -0.3 is 19.5 Å². The minimum Gasteiger partial charge on any atom is -0.466 e. The molecule has 1 aromatic rings. The lowest BCUT2D eigenvalue weighted by molar-refractivity contribution is -0.143. The summed E-state index contributed by atoms with van der Waals surface area (Å²) in [6, 6.07) is 2.35. The maximum atomic E-state index is 14.4. The topological polar surface area (TPSA) is 90.9 Å². The van der Waals surface area contributed by atoms with Crippen molar-refractivity contribution in [3.8, 4) is 0 Å². The zero-order chi connectivity index (χ0) is 24.9. The van der Waals surface area contributed by atoms with Gasteiger partial charge >= 0.3 is 24.1 Å². The van der Waals surface area contributed by atoms with Gasteiger partial charge in [-0.15, -0.1) is 0 Å². The molecule has 12 heteroatoms. The Labute approximate surface area is 185 Å². The molecule has 1 unspecified atom stereocenters. The Morgan fingerprint density at radius 1 is 1.06 bits per heavy atom. The van der Waals surface area contributed by atoms with E-state index in [0.717, 1.165) is 26.2 Å². The molecule has 1 atom stereocenters. The second-order valence-electron chi connectivity index (χ2n) is 6.67. The van der Waals surface area contributed by atoms with E-state index in [9.17, 15) is 36.3 Å². The van der Waals surface area contributed by atoms with Gasteiger partial charge in [0.25, 0.3) is 0 Å². The maximum Gasteiger partial charge on any atom is 0.419 e. The summed E-state index contributed by atoms with van der Waals surface area (Å²) in [7, 11) is 0.903. The smallest absolute Gasteiger partial charge is 0.419 e. The van der Waals surface area contributed by atoms with E-state index in [1.54, 1.807) is 0 Å². The highest BCUT2D eigenvalue weighted by molar-refractivity contribution is 6.00. The largest absolute Gasteiger partial charge is 0.466 e. The molecule has 1 aliphatic rings. The van der Waals surface area contributed by atoms with Gasteiger partial charge in [0.05, 0.1) is 47.7 Å². The molecular formula is C21H20F5NO6. The molecule has 0 saturated heterocycles. The molecular weight excluding hydrogens is 457 g/mol. The van der Waals surface area contributed by atoms with Gasteiger partial charge in [-0.1, -0.05) is 12.1 Å². The number of rotatable bonds is 7. The maximum absolute atomic E-state index is 14.4. The lowest BCUT2D eigenvalue weighted by Gasteiger charge is -2.32. The number of halogens is 5. The SMILES string of the molecule is CCOC(=O)C1=C(COC(C)=O)NC(CF)=C(C(=O)OC)C1c1cccc(F)c1C(F)(F)F. The molecule has 7 nitrogen and oxygen atoms in total. The molecule has 0 aromatic heterocycles. The number of nitrogens with one attached hydrogen (secondary N) is 1. The number of carbonyl (C=O) groups is 3. The molecule has 1 N–H and O–H groups in total. The summed E-state index contributed by atoms with van der Waals surface area (Å²) in [5.41, 5.74) is -4.76. The lowest BCUT2D eigenvalue weighted by Crippen LogP contribution is -2.37. The van der Waals surface area contributed by atoms with Crippen molar-refractivity contribution >= 4 is 17.9 Å². The van der Waals surface area contributed by atoms with Gasteiger partial charge in [-0.25, -0.2) is 18.4 Å². The Morgan fingerprint density at radius 3 is 2.21 bits per heavy atom. The van der Waals surface area contributed by atoms with Crippen molar-refractivity contribution in [2.75, 3.05) is 27.0 Å². The number of alkyl halides is 4. The first-order chi connectivity index (χ1) is 15.5. The van der Waals surface area contributed by atoms with Crippen LogP contribution in [0.25, 0.3) is 0 Å². The van der Waals surface area contributed by atoms with Crippen LogP contribution in [0.5, 0.6) is 0 Å². The van der Waals surface area contributed by atoms with Crippen LogP contribution in [0.3, 0.4) is 0 Å². The van der Waals surface area contributed by atoms with E-state index in [4.69, 9.17) is 9.47 Å². The zero-order valence-corrected chi connectivity index (χ0v) is 17.8. The number of carbonyl (C=O) groups excluding carboxylic acids is 3. The Kier molecular flexibility index (Phi) is 8.18. The summed E-state index contributed by atoms with van der Waals surface area (Å²) in [4.78, 5) is 36.7. The molecule has 180 valence electrons. The highest BCUT2D eigenvalue weighted by Crippen LogP contribution is 2.45. The molecule has 0 fully saturated rings. The average molecular weight is 477 g/mol. The second kappa shape index (κ2) is 10.5. The van der Waals surface area contributed by atoms with Crippen molar-refractivity contribution in [1.29, 1.82) is 0 Å². The normalized spacial score (nSPS) is 16.3. The van der Waals surface area contributed by atoms with E-state index < -0.39 is 77.1 Å². The average Bonchev–Trinajstić information content (AvgIpc) is 2.74. The number of hydrogen-bond acceptors (Lipinski definition) is 7. The van der Waals surface area contributed by atoms with Crippen molar-refractivity contribution in [2.24, 2.45) is 0 Å². The number of esters is 3. The van der Waals surface area contributed by atoms with Crippen LogP contribution in [-0.2, 0) is 34.8 Å². The van der Waals surface area contributed by atoms with Crippen LogP contribution >= 0.6 is 0 Å². The summed E-state index contributed by atoms with van der Waals surface area (Å²) in [5, 5.41) is 2.42. The number of ether oxygens (including phenoxy) is 3. The first-order valence-corrected chi connectivity index (χ1v) is 9.51. The summed E-state index contributed by atoms with van der Waals surface area (Å²) >= 11 is 0. The second-order valence-corrected chi connectivity index (χ2v) is 6.67. The minimum atomic E-state index is -5.24. The van der Waals surface area contributed by atoms with Crippen molar-refractivity contribution < 1.29 is 50.5 Å². The van der Waals surface area contributed by atoms with Crippen molar-refractivity contribution in [3.05, 3.63) is 57.7 Å². The third kappa shape index (κ3) is 5.49. The Bertz CT molecular complexity index is 1010. The van der Waals surface area contributed by atoms with E-state index in [1.807, 2.05) is 0 Å². The molecule has 0 aliphatic carbocycles. The lowest BCUT2D eigenvalue weighted by atomic mass is 9.78. The third-order valence-electron chi connectivity index (χ3n) is 4.62. The van der Waals surface area contributed by atoms with E-state index in [2.05, 4.69) is 10.1 Å². The van der Waals surface area contributed by atoms with Crippen molar-refractivity contribution in [1.82, 2.24) is 5.32 Å². The predicted octanol–water partition coefficient (Wildman–Crippen LogP) is 3.31. The van der Waals surface area contributed by atoms with E-state index in [0.29, 0.717) is 6.07 Å². The summed E-state index contributed by atoms with van der Waals surface area (Å²) < 4.78 is 84.1. The van der Waals surface area contributed by atoms with Crippen LogP contribution < -0.4 is 5.32 Å². The van der Waals surface area contributed by atoms with Gasteiger partial charge in [0.15, 0.2) is 0 Å². The van der Waals surface area contributed by atoms with Crippen LogP contribution in [0.4, 0.5) is 22.0 Å². The van der Waals surface area contributed by atoms with E-state index in [1.165, 1.54) is 6.92 Å². The molecule has 1 aromatic carbocycles. The molecule has 33 heavy (non-hydrogen) atoms. The summed E-state index contributed by atoms with van der Waals surface area (Å²) in [6.07, 6.45) is -5.24. The zero-order valence-electron chi connectivity index (χ0n) is 17.8. The number of allylic oxidation sites excluding steroid dienone is 1. The van der Waals surface area contributed by atoms with Gasteiger partial charge in [0.1, 0.15) is 19.1 Å². The van der Waals surface area contributed by atoms with Crippen LogP contribution in [0.2, 0.25) is 0 Å². The fourth-order valence-corrected chi connectivity index (χ4v) is 3.39. The first kappa shape index (κ1) is 25.8. The fourth-order valence-electron chi connectivity index (χ4n) is 3.39. The summed E-state index contributed by atoms with van der Waals surface area (Å²) in [5.74, 6) is -6.87. The minimum absolute atomic E-state index is 0.210. The highest BCUT2D eigenvalue weighted by atomic mass is 19.4. The molecule has 1 aliphatic heterocycles. The molecule has 1 heterocycles. The first-order valence-electron chi connectivity index (χ1n) is 9.51. The number of dihydropyridines is 1. The van der Waals surface area contributed by atoms with Crippen LogP contribution in [-0.4, -0.2) is 44.9 Å². The Morgan fingerprint density at radius 2 is 1.70 bits per heavy atom. The molecule has 0 saturated carbocycles.